The molecule has 3 aromatic rings. The summed E-state index contributed by atoms with van der Waals surface area (Å²) < 4.78 is 5.28. The zero-order valence-electron chi connectivity index (χ0n) is 15.1. The molecule has 1 amide bonds. The molecule has 0 aliphatic heterocycles. The number of amides is 1. The maximum absolute atomic E-state index is 12.5. The lowest BCUT2D eigenvalue weighted by molar-refractivity contribution is 0.0755. The highest BCUT2D eigenvalue weighted by Gasteiger charge is 2.18. The Labute approximate surface area is 153 Å². The fraction of sp³-hybridized carbons (Fsp3) is 0.286. The van der Waals surface area contributed by atoms with Gasteiger partial charge in [0.15, 0.2) is 0 Å². The van der Waals surface area contributed by atoms with Gasteiger partial charge in [0.2, 0.25) is 5.76 Å². The second-order valence-electron chi connectivity index (χ2n) is 6.50. The molecule has 3 rings (SSSR count). The van der Waals surface area contributed by atoms with E-state index in [0.717, 1.165) is 17.8 Å². The standard InChI is InChI=1S/C21H23N3O2/c1-16(17-8-4-3-5-9-17)14-19-15-20(26-23-19)21(25)24(2)13-11-18-10-6-7-12-22-18/h3-10,12,15-16H,11,13-14H2,1-2H3/t16-/m1/s1. The van der Waals surface area contributed by atoms with Gasteiger partial charge in [0, 0.05) is 38.0 Å². The van der Waals surface area contributed by atoms with Crippen molar-refractivity contribution in [2.24, 2.45) is 0 Å². The molecular weight excluding hydrogens is 326 g/mol. The first-order valence-electron chi connectivity index (χ1n) is 8.79. The summed E-state index contributed by atoms with van der Waals surface area (Å²) in [5, 5.41) is 4.07. The molecule has 0 radical (unpaired) electrons. The molecule has 0 aliphatic carbocycles. The number of nitrogens with zero attached hydrogens (tertiary/aromatic N) is 3. The molecule has 0 unspecified atom stereocenters. The van der Waals surface area contributed by atoms with Crippen LogP contribution in [0.4, 0.5) is 0 Å². The van der Waals surface area contributed by atoms with Gasteiger partial charge >= 0.3 is 0 Å². The van der Waals surface area contributed by atoms with Crippen molar-refractivity contribution in [3.8, 4) is 0 Å². The number of carbonyl (C=O) groups excluding carboxylic acids is 1. The highest BCUT2D eigenvalue weighted by molar-refractivity contribution is 5.91. The SMILES string of the molecule is C[C@H](Cc1cc(C(=O)N(C)CCc2ccccn2)on1)c1ccccc1. The molecule has 0 saturated heterocycles. The quantitative estimate of drug-likeness (QED) is 0.652. The Morgan fingerprint density at radius 3 is 2.62 bits per heavy atom. The Bertz CT molecular complexity index is 831. The number of rotatable bonds is 7. The van der Waals surface area contributed by atoms with Crippen molar-refractivity contribution in [3.63, 3.8) is 0 Å². The Morgan fingerprint density at radius 2 is 1.88 bits per heavy atom. The molecule has 5 nitrogen and oxygen atoms in total. The number of hydrogen-bond acceptors (Lipinski definition) is 4. The van der Waals surface area contributed by atoms with E-state index in [9.17, 15) is 4.79 Å². The molecule has 2 aromatic heterocycles. The van der Waals surface area contributed by atoms with Crippen LogP contribution in [-0.4, -0.2) is 34.5 Å². The Morgan fingerprint density at radius 1 is 1.12 bits per heavy atom. The number of benzene rings is 1. The Kier molecular flexibility index (Phi) is 5.79. The third-order valence-corrected chi connectivity index (χ3v) is 4.43. The van der Waals surface area contributed by atoms with Crippen LogP contribution in [0.25, 0.3) is 0 Å². The molecule has 134 valence electrons. The van der Waals surface area contributed by atoms with Crippen molar-refractivity contribution < 1.29 is 9.32 Å². The van der Waals surface area contributed by atoms with E-state index in [4.69, 9.17) is 4.52 Å². The first-order valence-corrected chi connectivity index (χ1v) is 8.79. The minimum atomic E-state index is -0.160. The first-order chi connectivity index (χ1) is 12.6. The van der Waals surface area contributed by atoms with E-state index < -0.39 is 0 Å². The second kappa shape index (κ2) is 8.43. The molecular formula is C21H23N3O2. The lowest BCUT2D eigenvalue weighted by Gasteiger charge is -2.14. The predicted octanol–water partition coefficient (Wildman–Crippen LogP) is 3.73. The molecule has 5 heteroatoms. The fourth-order valence-electron chi connectivity index (χ4n) is 2.84. The molecule has 1 aromatic carbocycles. The zero-order chi connectivity index (χ0) is 18.4. The molecule has 2 heterocycles. The van der Waals surface area contributed by atoms with E-state index in [1.165, 1.54) is 5.56 Å². The van der Waals surface area contributed by atoms with Crippen LogP contribution in [-0.2, 0) is 12.8 Å². The lowest BCUT2D eigenvalue weighted by Crippen LogP contribution is -2.28. The monoisotopic (exact) mass is 349 g/mol. The maximum Gasteiger partial charge on any atom is 0.292 e. The van der Waals surface area contributed by atoms with E-state index >= 15 is 0 Å². The van der Waals surface area contributed by atoms with E-state index in [-0.39, 0.29) is 11.7 Å². The van der Waals surface area contributed by atoms with Crippen molar-refractivity contribution in [2.45, 2.75) is 25.7 Å². The van der Waals surface area contributed by atoms with Crippen LogP contribution in [0.5, 0.6) is 0 Å². The molecule has 0 saturated carbocycles. The third-order valence-electron chi connectivity index (χ3n) is 4.43. The van der Waals surface area contributed by atoms with Gasteiger partial charge in [-0.25, -0.2) is 0 Å². The molecule has 0 fully saturated rings. The summed E-state index contributed by atoms with van der Waals surface area (Å²) in [4.78, 5) is 18.4. The van der Waals surface area contributed by atoms with Gasteiger partial charge in [-0.05, 0) is 30.0 Å². The van der Waals surface area contributed by atoms with E-state index in [1.807, 2.05) is 36.4 Å². The van der Waals surface area contributed by atoms with Gasteiger partial charge in [-0.15, -0.1) is 0 Å². The van der Waals surface area contributed by atoms with Gasteiger partial charge in [-0.3, -0.25) is 9.78 Å². The average molecular weight is 349 g/mol. The normalized spacial score (nSPS) is 11.9. The largest absolute Gasteiger partial charge is 0.351 e. The first kappa shape index (κ1) is 17.9. The van der Waals surface area contributed by atoms with Gasteiger partial charge in [0.05, 0.1) is 5.69 Å². The summed E-state index contributed by atoms with van der Waals surface area (Å²) in [5.41, 5.74) is 3.00. The summed E-state index contributed by atoms with van der Waals surface area (Å²) in [7, 11) is 1.76. The fourth-order valence-corrected chi connectivity index (χ4v) is 2.84. The summed E-state index contributed by atoms with van der Waals surface area (Å²) in [6.07, 6.45) is 3.20. The van der Waals surface area contributed by atoms with Crippen LogP contribution in [0.15, 0.2) is 65.3 Å². The topological polar surface area (TPSA) is 59.2 Å². The molecule has 0 bridgehead atoms. The zero-order valence-corrected chi connectivity index (χ0v) is 15.1. The smallest absolute Gasteiger partial charge is 0.292 e. The Balaban J connectivity index is 1.57. The summed E-state index contributed by atoms with van der Waals surface area (Å²) >= 11 is 0. The van der Waals surface area contributed by atoms with E-state index in [1.54, 1.807) is 24.2 Å². The van der Waals surface area contributed by atoms with Crippen LogP contribution >= 0.6 is 0 Å². The van der Waals surface area contributed by atoms with Crippen LogP contribution < -0.4 is 0 Å². The Hall–Kier alpha value is -2.95. The lowest BCUT2D eigenvalue weighted by atomic mass is 9.96. The molecule has 0 aliphatic rings. The van der Waals surface area contributed by atoms with Gasteiger partial charge < -0.3 is 9.42 Å². The predicted molar refractivity (Wildman–Crippen MR) is 100.0 cm³/mol. The van der Waals surface area contributed by atoms with Gasteiger partial charge in [0.25, 0.3) is 5.91 Å². The van der Waals surface area contributed by atoms with E-state index in [2.05, 4.69) is 29.2 Å². The summed E-state index contributed by atoms with van der Waals surface area (Å²) in [5.74, 6) is 0.432. The average Bonchev–Trinajstić information content (AvgIpc) is 3.15. The minimum Gasteiger partial charge on any atom is -0.351 e. The van der Waals surface area contributed by atoms with E-state index in [0.29, 0.717) is 18.9 Å². The molecule has 0 N–H and O–H groups in total. The number of aromatic nitrogens is 2. The number of carbonyl (C=O) groups is 1. The minimum absolute atomic E-state index is 0.160. The molecule has 1 atom stereocenters. The van der Waals surface area contributed by atoms with Crippen molar-refractivity contribution in [2.75, 3.05) is 13.6 Å². The summed E-state index contributed by atoms with van der Waals surface area (Å²) in [6.45, 7) is 2.72. The van der Waals surface area contributed by atoms with Crippen molar-refractivity contribution in [1.29, 1.82) is 0 Å². The highest BCUT2D eigenvalue weighted by atomic mass is 16.5. The highest BCUT2D eigenvalue weighted by Crippen LogP contribution is 2.20. The van der Waals surface area contributed by atoms with Gasteiger partial charge in [-0.2, -0.15) is 0 Å². The molecule has 0 spiro atoms. The third kappa shape index (κ3) is 4.57. The van der Waals surface area contributed by atoms with Crippen molar-refractivity contribution in [1.82, 2.24) is 15.0 Å². The molecule has 26 heavy (non-hydrogen) atoms. The van der Waals surface area contributed by atoms with Crippen LogP contribution in [0, 0.1) is 0 Å². The van der Waals surface area contributed by atoms with Gasteiger partial charge in [-0.1, -0.05) is 48.5 Å². The van der Waals surface area contributed by atoms with Crippen molar-refractivity contribution in [3.05, 3.63) is 83.5 Å². The number of hydrogen-bond donors (Lipinski definition) is 0. The second-order valence-corrected chi connectivity index (χ2v) is 6.50. The van der Waals surface area contributed by atoms with Crippen LogP contribution in [0.2, 0.25) is 0 Å². The maximum atomic E-state index is 12.5. The van der Waals surface area contributed by atoms with Crippen LogP contribution in [0.1, 0.15) is 40.3 Å². The van der Waals surface area contributed by atoms with Crippen LogP contribution in [0.3, 0.4) is 0 Å². The summed E-state index contributed by atoms with van der Waals surface area (Å²) in [6, 6.07) is 17.8. The number of likely N-dealkylation sites (N-methyl/N-ethyl adjacent to an activating group) is 1. The van der Waals surface area contributed by atoms with Crippen molar-refractivity contribution >= 4 is 5.91 Å². The number of pyridine rings is 1. The van der Waals surface area contributed by atoms with Gasteiger partial charge in [0.1, 0.15) is 0 Å².